The third-order valence-corrected chi connectivity index (χ3v) is 6.42. The lowest BCUT2D eigenvalue weighted by Crippen LogP contribution is -2.41. The van der Waals surface area contributed by atoms with Gasteiger partial charge in [0.05, 0.1) is 32.7 Å². The quantitative estimate of drug-likeness (QED) is 0.744. The molecule has 0 bridgehead atoms. The molecule has 1 aromatic rings. The zero-order chi connectivity index (χ0) is 19.0. The van der Waals surface area contributed by atoms with E-state index >= 15 is 0 Å². The number of rotatable bonds is 5. The van der Waals surface area contributed by atoms with E-state index in [1.807, 2.05) is 18.2 Å². The van der Waals surface area contributed by atoms with Gasteiger partial charge in [-0.2, -0.15) is 0 Å². The normalized spacial score (nSPS) is 28.5. The topological polar surface area (TPSA) is 59.1 Å². The summed E-state index contributed by atoms with van der Waals surface area (Å²) in [6.07, 6.45) is 5.88. The van der Waals surface area contributed by atoms with Crippen molar-refractivity contribution in [3.8, 4) is 11.5 Å². The van der Waals surface area contributed by atoms with E-state index in [0.29, 0.717) is 6.67 Å². The number of hydrogen-bond acceptors (Lipinski definition) is 5. The lowest BCUT2D eigenvalue weighted by Gasteiger charge is -2.29. The molecule has 6 nitrogen and oxygen atoms in total. The van der Waals surface area contributed by atoms with Crippen LogP contribution < -0.4 is 9.47 Å². The number of carbonyl (C=O) groups is 2. The monoisotopic (exact) mass is 372 g/mol. The van der Waals surface area contributed by atoms with Crippen LogP contribution in [0.25, 0.3) is 0 Å². The molecule has 2 saturated heterocycles. The largest absolute Gasteiger partial charge is 0.497 e. The lowest BCUT2D eigenvalue weighted by atomic mass is 9.81. The van der Waals surface area contributed by atoms with E-state index in [0.717, 1.165) is 62.1 Å². The van der Waals surface area contributed by atoms with Gasteiger partial charge in [0, 0.05) is 24.2 Å². The molecule has 1 saturated carbocycles. The summed E-state index contributed by atoms with van der Waals surface area (Å²) in [5.41, 5.74) is 1.09. The van der Waals surface area contributed by atoms with Crippen LogP contribution in [0, 0.1) is 11.8 Å². The van der Waals surface area contributed by atoms with Crippen LogP contribution in [-0.4, -0.2) is 49.0 Å². The molecule has 0 radical (unpaired) electrons. The maximum absolute atomic E-state index is 12.8. The van der Waals surface area contributed by atoms with E-state index in [4.69, 9.17) is 9.47 Å². The van der Waals surface area contributed by atoms with Crippen molar-refractivity contribution in [2.75, 3.05) is 27.4 Å². The van der Waals surface area contributed by atoms with Gasteiger partial charge in [0.2, 0.25) is 11.8 Å². The van der Waals surface area contributed by atoms with Crippen LogP contribution >= 0.6 is 0 Å². The molecular weight excluding hydrogens is 344 g/mol. The first kappa shape index (κ1) is 18.3. The molecule has 0 N–H and O–H groups in total. The molecule has 2 aliphatic heterocycles. The minimum atomic E-state index is -0.0807. The molecule has 0 spiro atoms. The Labute approximate surface area is 160 Å². The molecule has 2 heterocycles. The van der Waals surface area contributed by atoms with E-state index < -0.39 is 0 Å². The first-order valence-electron chi connectivity index (χ1n) is 9.95. The van der Waals surface area contributed by atoms with Crippen LogP contribution in [0.4, 0.5) is 0 Å². The summed E-state index contributed by atoms with van der Waals surface area (Å²) in [5, 5.41) is 0. The predicted molar refractivity (Wildman–Crippen MR) is 100 cm³/mol. The number of benzene rings is 1. The predicted octanol–water partition coefficient (Wildman–Crippen LogP) is 2.97. The molecule has 4 rings (SSSR count). The molecule has 3 atom stereocenters. The van der Waals surface area contributed by atoms with Crippen molar-refractivity contribution >= 4 is 11.8 Å². The van der Waals surface area contributed by atoms with Crippen LogP contribution in [0.5, 0.6) is 11.5 Å². The second-order valence-corrected chi connectivity index (χ2v) is 7.82. The molecule has 27 heavy (non-hydrogen) atoms. The third-order valence-electron chi connectivity index (χ3n) is 6.42. The van der Waals surface area contributed by atoms with Gasteiger partial charge in [0.1, 0.15) is 11.5 Å². The average molecular weight is 372 g/mol. The van der Waals surface area contributed by atoms with Crippen LogP contribution in [0.2, 0.25) is 0 Å². The summed E-state index contributed by atoms with van der Waals surface area (Å²) in [4.78, 5) is 29.4. The number of imide groups is 1. The molecule has 0 aromatic heterocycles. The average Bonchev–Trinajstić information content (AvgIpc) is 3.26. The van der Waals surface area contributed by atoms with E-state index in [9.17, 15) is 9.59 Å². The van der Waals surface area contributed by atoms with Crippen molar-refractivity contribution in [2.24, 2.45) is 11.8 Å². The summed E-state index contributed by atoms with van der Waals surface area (Å²) < 4.78 is 10.9. The van der Waals surface area contributed by atoms with Gasteiger partial charge in [0.15, 0.2) is 0 Å². The number of fused-ring (bicyclic) bond motifs is 1. The number of methoxy groups -OCH3 is 2. The van der Waals surface area contributed by atoms with Crippen molar-refractivity contribution in [2.45, 2.75) is 44.6 Å². The fraction of sp³-hybridized carbons (Fsp3) is 0.619. The van der Waals surface area contributed by atoms with Gasteiger partial charge in [-0.1, -0.05) is 18.9 Å². The Balaban J connectivity index is 1.54. The van der Waals surface area contributed by atoms with Gasteiger partial charge < -0.3 is 9.47 Å². The minimum Gasteiger partial charge on any atom is -0.497 e. The molecule has 0 unspecified atom stereocenters. The highest BCUT2D eigenvalue weighted by Gasteiger charge is 2.49. The number of hydrogen-bond donors (Lipinski definition) is 0. The van der Waals surface area contributed by atoms with E-state index in [-0.39, 0.29) is 29.7 Å². The summed E-state index contributed by atoms with van der Waals surface area (Å²) in [5.74, 6) is 1.47. The molecular formula is C21H28N2O4. The van der Waals surface area contributed by atoms with E-state index in [1.165, 1.54) is 4.90 Å². The van der Waals surface area contributed by atoms with Gasteiger partial charge >= 0.3 is 0 Å². The number of ether oxygens (including phenoxy) is 2. The number of nitrogens with zero attached hydrogens (tertiary/aromatic N) is 2. The zero-order valence-corrected chi connectivity index (χ0v) is 16.1. The second-order valence-electron chi connectivity index (χ2n) is 7.82. The second kappa shape index (κ2) is 7.50. The summed E-state index contributed by atoms with van der Waals surface area (Å²) in [6, 6.07) is 6.02. The standard InChI is InChI=1S/C21H28N2O4/c1-26-14-9-10-17(19(12-14)27-2)18-8-5-11-22(18)13-23-20(24)15-6-3-4-7-16(15)21(23)25/h9-10,12,15-16,18H,3-8,11,13H2,1-2H3/t15-,16-,18-/m0/s1. The summed E-state index contributed by atoms with van der Waals surface area (Å²) in [7, 11) is 3.30. The van der Waals surface area contributed by atoms with Crippen molar-refractivity contribution in [3.63, 3.8) is 0 Å². The third kappa shape index (κ3) is 3.20. The Morgan fingerprint density at radius 1 is 0.963 bits per heavy atom. The van der Waals surface area contributed by atoms with E-state index in [2.05, 4.69) is 4.90 Å². The Morgan fingerprint density at radius 2 is 1.67 bits per heavy atom. The van der Waals surface area contributed by atoms with Crippen LogP contribution in [0.15, 0.2) is 18.2 Å². The molecule has 2 amide bonds. The minimum absolute atomic E-state index is 0.0389. The molecule has 3 aliphatic rings. The van der Waals surface area contributed by atoms with Crippen LogP contribution in [0.3, 0.4) is 0 Å². The van der Waals surface area contributed by atoms with Gasteiger partial charge in [-0.05, 0) is 31.7 Å². The van der Waals surface area contributed by atoms with Crippen LogP contribution in [0.1, 0.15) is 50.1 Å². The van der Waals surface area contributed by atoms with Crippen molar-refractivity contribution in [1.29, 1.82) is 0 Å². The number of carbonyl (C=O) groups excluding carboxylic acids is 2. The number of likely N-dealkylation sites (tertiary alicyclic amines) is 2. The fourth-order valence-electron chi connectivity index (χ4n) is 4.99. The molecule has 1 aliphatic carbocycles. The Kier molecular flexibility index (Phi) is 5.08. The highest BCUT2D eigenvalue weighted by Crippen LogP contribution is 2.41. The fourth-order valence-corrected chi connectivity index (χ4v) is 4.99. The molecule has 1 aromatic carbocycles. The SMILES string of the molecule is COc1ccc([C@@H]2CCCN2CN2C(=O)[C@H]3CCCC[C@@H]3C2=O)c(OC)c1. The van der Waals surface area contributed by atoms with Crippen molar-refractivity contribution in [3.05, 3.63) is 23.8 Å². The van der Waals surface area contributed by atoms with Gasteiger partial charge in [-0.15, -0.1) is 0 Å². The molecule has 146 valence electrons. The van der Waals surface area contributed by atoms with Gasteiger partial charge in [-0.25, -0.2) is 0 Å². The molecule has 6 heteroatoms. The van der Waals surface area contributed by atoms with Crippen LogP contribution in [-0.2, 0) is 9.59 Å². The highest BCUT2D eigenvalue weighted by molar-refractivity contribution is 6.05. The van der Waals surface area contributed by atoms with Gasteiger partial charge in [-0.3, -0.25) is 19.4 Å². The first-order valence-corrected chi connectivity index (χ1v) is 9.95. The smallest absolute Gasteiger partial charge is 0.234 e. The highest BCUT2D eigenvalue weighted by atomic mass is 16.5. The van der Waals surface area contributed by atoms with Crippen molar-refractivity contribution < 1.29 is 19.1 Å². The maximum Gasteiger partial charge on any atom is 0.234 e. The first-order chi connectivity index (χ1) is 13.1. The summed E-state index contributed by atoms with van der Waals surface area (Å²) in [6.45, 7) is 1.27. The van der Waals surface area contributed by atoms with Gasteiger partial charge in [0.25, 0.3) is 0 Å². The number of amides is 2. The summed E-state index contributed by atoms with van der Waals surface area (Å²) >= 11 is 0. The zero-order valence-electron chi connectivity index (χ0n) is 16.1. The Bertz CT molecular complexity index is 711. The molecule has 3 fully saturated rings. The Morgan fingerprint density at radius 3 is 2.30 bits per heavy atom. The maximum atomic E-state index is 12.8. The van der Waals surface area contributed by atoms with Crippen molar-refractivity contribution in [1.82, 2.24) is 9.80 Å². The van der Waals surface area contributed by atoms with E-state index in [1.54, 1.807) is 14.2 Å². The lowest BCUT2D eigenvalue weighted by molar-refractivity contribution is -0.142. The Hall–Kier alpha value is -2.08.